The first-order valence-corrected chi connectivity index (χ1v) is 12.7. The molecular formula is C26H33N5O3S. The second kappa shape index (κ2) is 9.91. The Labute approximate surface area is 209 Å². The number of benzene rings is 1. The van der Waals surface area contributed by atoms with Gasteiger partial charge in [-0.1, -0.05) is 45.0 Å². The van der Waals surface area contributed by atoms with E-state index in [1.54, 1.807) is 22.4 Å². The molecule has 9 heteroatoms. The second-order valence-corrected chi connectivity index (χ2v) is 11.3. The van der Waals surface area contributed by atoms with Crippen LogP contribution in [-0.4, -0.2) is 49.4 Å². The van der Waals surface area contributed by atoms with Crippen LogP contribution in [0, 0.1) is 18.3 Å². The highest BCUT2D eigenvalue weighted by atomic mass is 32.1. The van der Waals surface area contributed by atoms with Crippen molar-refractivity contribution >= 4 is 23.2 Å². The number of aromatic amines is 1. The van der Waals surface area contributed by atoms with Gasteiger partial charge in [0.2, 0.25) is 11.8 Å². The molecular weight excluding hydrogens is 462 g/mol. The van der Waals surface area contributed by atoms with Gasteiger partial charge in [-0.15, -0.1) is 11.3 Å². The lowest BCUT2D eigenvalue weighted by molar-refractivity contribution is -0.143. The Hall–Kier alpha value is -3.04. The molecule has 3 atom stereocenters. The van der Waals surface area contributed by atoms with Crippen LogP contribution in [0.4, 0.5) is 0 Å². The van der Waals surface area contributed by atoms with Crippen LogP contribution in [0.1, 0.15) is 62.4 Å². The van der Waals surface area contributed by atoms with E-state index in [1.165, 1.54) is 4.88 Å². The number of nitrogens with zero attached hydrogens (tertiary/aromatic N) is 3. The van der Waals surface area contributed by atoms with Crippen LogP contribution in [0.2, 0.25) is 0 Å². The lowest BCUT2D eigenvalue weighted by atomic mass is 9.77. The summed E-state index contributed by atoms with van der Waals surface area (Å²) in [7, 11) is 0. The van der Waals surface area contributed by atoms with Crippen LogP contribution in [0.15, 0.2) is 36.0 Å². The molecule has 4 N–H and O–H groups in total. The molecule has 2 aromatic heterocycles. The van der Waals surface area contributed by atoms with Crippen molar-refractivity contribution in [3.63, 3.8) is 0 Å². The van der Waals surface area contributed by atoms with Crippen molar-refractivity contribution in [3.8, 4) is 10.4 Å². The van der Waals surface area contributed by atoms with Gasteiger partial charge in [-0.2, -0.15) is 0 Å². The predicted molar refractivity (Wildman–Crippen MR) is 136 cm³/mol. The van der Waals surface area contributed by atoms with Crippen LogP contribution in [0.5, 0.6) is 0 Å². The van der Waals surface area contributed by atoms with Gasteiger partial charge in [0.25, 0.3) is 0 Å². The molecule has 1 aliphatic heterocycles. The summed E-state index contributed by atoms with van der Waals surface area (Å²) >= 11 is 1.63. The van der Waals surface area contributed by atoms with E-state index in [0.717, 1.165) is 22.5 Å². The number of nitrogens with one attached hydrogen (secondary N) is 1. The highest BCUT2D eigenvalue weighted by molar-refractivity contribution is 7.13. The van der Waals surface area contributed by atoms with Crippen LogP contribution >= 0.6 is 11.3 Å². The molecule has 8 nitrogen and oxygen atoms in total. The van der Waals surface area contributed by atoms with Crippen molar-refractivity contribution < 1.29 is 14.7 Å². The number of primary amides is 1. The molecule has 1 aromatic carbocycles. The van der Waals surface area contributed by atoms with E-state index in [9.17, 15) is 14.7 Å². The van der Waals surface area contributed by atoms with Gasteiger partial charge < -0.3 is 20.7 Å². The smallest absolute Gasteiger partial charge is 0.227 e. The fourth-order valence-corrected chi connectivity index (χ4v) is 5.50. The summed E-state index contributed by atoms with van der Waals surface area (Å²) in [5.74, 6) is -0.604. The van der Waals surface area contributed by atoms with Crippen molar-refractivity contribution in [1.29, 1.82) is 0 Å². The molecule has 35 heavy (non-hydrogen) atoms. The predicted octanol–water partition coefficient (Wildman–Crippen LogP) is 3.60. The zero-order valence-corrected chi connectivity index (χ0v) is 21.4. The zero-order valence-electron chi connectivity index (χ0n) is 20.6. The zero-order chi connectivity index (χ0) is 25.3. The standard InChI is InChI=1S/C26H33N5O3S/c1-15-23(35-14-29-15)17-7-5-16(6-8-17)9-18-12-28-24(30-18)21-10-19(32)13-31(21)25(34)20(11-22(27)33)26(2,3)4/h5-8,12,14,19-21,32H,9-11,13H2,1-4H3,(H2,27,33)(H,28,30)/t19-,20-,21+/m1/s1. The number of aliphatic hydroxyl groups excluding tert-OH is 1. The van der Waals surface area contributed by atoms with Crippen LogP contribution in [-0.2, 0) is 16.0 Å². The first-order chi connectivity index (χ1) is 16.5. The SMILES string of the molecule is Cc1ncsc1-c1ccc(Cc2cnc([C@@H]3C[C@@H](O)CN3C(=O)[C@@H](CC(N)=O)C(C)(C)C)[nH]2)cc1. The molecule has 0 unspecified atom stereocenters. The third kappa shape index (κ3) is 5.62. The van der Waals surface area contributed by atoms with Gasteiger partial charge in [0, 0.05) is 37.7 Å². The highest BCUT2D eigenvalue weighted by Gasteiger charge is 2.43. The van der Waals surface area contributed by atoms with Crippen molar-refractivity contribution in [2.24, 2.45) is 17.1 Å². The fourth-order valence-electron chi connectivity index (χ4n) is 4.69. The minimum Gasteiger partial charge on any atom is -0.391 e. The Morgan fingerprint density at radius 3 is 2.57 bits per heavy atom. The summed E-state index contributed by atoms with van der Waals surface area (Å²) in [5.41, 5.74) is 11.1. The fraction of sp³-hybridized carbons (Fsp3) is 0.462. The van der Waals surface area contributed by atoms with Crippen molar-refractivity contribution in [2.75, 3.05) is 6.54 Å². The van der Waals surface area contributed by atoms with Crippen molar-refractivity contribution in [1.82, 2.24) is 19.9 Å². The van der Waals surface area contributed by atoms with E-state index >= 15 is 0 Å². The number of carbonyl (C=O) groups is 2. The average Bonchev–Trinajstić information content (AvgIpc) is 3.51. The summed E-state index contributed by atoms with van der Waals surface area (Å²) in [6.45, 7) is 7.99. The lowest BCUT2D eigenvalue weighted by Crippen LogP contribution is -2.43. The number of likely N-dealkylation sites (tertiary alicyclic amines) is 1. The van der Waals surface area contributed by atoms with Gasteiger partial charge in [0.1, 0.15) is 5.82 Å². The molecule has 0 spiro atoms. The number of aryl methyl sites for hydroxylation is 1. The monoisotopic (exact) mass is 495 g/mol. The number of rotatable bonds is 7. The van der Waals surface area contributed by atoms with Gasteiger partial charge in [-0.25, -0.2) is 9.97 Å². The summed E-state index contributed by atoms with van der Waals surface area (Å²) in [6.07, 6.45) is 2.19. The molecule has 1 aliphatic rings. The van der Waals surface area contributed by atoms with Gasteiger partial charge >= 0.3 is 0 Å². The number of aliphatic hydroxyl groups is 1. The Bertz CT molecular complexity index is 1190. The number of hydrogen-bond acceptors (Lipinski definition) is 6. The van der Waals surface area contributed by atoms with E-state index in [0.29, 0.717) is 18.7 Å². The number of imidazole rings is 1. The third-order valence-electron chi connectivity index (χ3n) is 6.63. The van der Waals surface area contributed by atoms with Crippen LogP contribution in [0.25, 0.3) is 10.4 Å². The molecule has 1 saturated heterocycles. The highest BCUT2D eigenvalue weighted by Crippen LogP contribution is 2.37. The van der Waals surface area contributed by atoms with Crippen molar-refractivity contribution in [3.05, 3.63) is 58.7 Å². The molecule has 0 aliphatic carbocycles. The number of β-amino-alcohol motifs (C(OH)–C–C–N with tert-alkyl or cyclic N) is 1. The Balaban J connectivity index is 1.50. The molecule has 0 saturated carbocycles. The van der Waals surface area contributed by atoms with Gasteiger partial charge in [-0.3, -0.25) is 9.59 Å². The molecule has 3 aromatic rings. The quantitative estimate of drug-likeness (QED) is 0.462. The summed E-state index contributed by atoms with van der Waals surface area (Å²) in [6, 6.07) is 8.03. The van der Waals surface area contributed by atoms with E-state index in [4.69, 9.17) is 5.73 Å². The minimum atomic E-state index is -0.644. The summed E-state index contributed by atoms with van der Waals surface area (Å²) < 4.78 is 0. The topological polar surface area (TPSA) is 125 Å². The minimum absolute atomic E-state index is 0.0257. The van der Waals surface area contributed by atoms with E-state index in [-0.39, 0.29) is 24.9 Å². The Kier molecular flexibility index (Phi) is 7.10. The molecule has 2 amide bonds. The number of thiazole rings is 1. The molecule has 1 fully saturated rings. The normalized spacial score (nSPS) is 19.2. The number of H-pyrrole nitrogens is 1. The number of nitrogens with two attached hydrogens (primary N) is 1. The third-order valence-corrected chi connectivity index (χ3v) is 7.61. The van der Waals surface area contributed by atoms with Gasteiger partial charge in [-0.05, 0) is 23.5 Å². The maximum atomic E-state index is 13.5. The molecule has 0 radical (unpaired) electrons. The second-order valence-electron chi connectivity index (χ2n) is 10.4. The van der Waals surface area contributed by atoms with Crippen molar-refractivity contribution in [2.45, 2.75) is 59.1 Å². The van der Waals surface area contributed by atoms with Crippen LogP contribution in [0.3, 0.4) is 0 Å². The summed E-state index contributed by atoms with van der Waals surface area (Å²) in [5, 5.41) is 10.4. The van der Waals surface area contributed by atoms with E-state index in [2.05, 4.69) is 39.2 Å². The maximum Gasteiger partial charge on any atom is 0.227 e. The Morgan fingerprint density at radius 1 is 1.26 bits per heavy atom. The number of carbonyl (C=O) groups excluding carboxylic acids is 2. The number of aromatic nitrogens is 3. The molecule has 4 rings (SSSR count). The molecule has 3 heterocycles. The number of hydrogen-bond donors (Lipinski definition) is 3. The Morgan fingerprint density at radius 2 is 1.97 bits per heavy atom. The average molecular weight is 496 g/mol. The first kappa shape index (κ1) is 25.1. The van der Waals surface area contributed by atoms with E-state index < -0.39 is 23.3 Å². The molecule has 0 bridgehead atoms. The van der Waals surface area contributed by atoms with Gasteiger partial charge in [0.05, 0.1) is 34.1 Å². The summed E-state index contributed by atoms with van der Waals surface area (Å²) in [4.78, 5) is 40.2. The lowest BCUT2D eigenvalue weighted by Gasteiger charge is -2.34. The number of amides is 2. The largest absolute Gasteiger partial charge is 0.391 e. The van der Waals surface area contributed by atoms with E-state index in [1.807, 2.05) is 33.2 Å². The maximum absolute atomic E-state index is 13.5. The van der Waals surface area contributed by atoms with Gasteiger partial charge in [0.15, 0.2) is 0 Å². The van der Waals surface area contributed by atoms with Crippen LogP contribution < -0.4 is 5.73 Å². The molecule has 186 valence electrons. The first-order valence-electron chi connectivity index (χ1n) is 11.8.